The van der Waals surface area contributed by atoms with Crippen LogP contribution in [0.4, 0.5) is 0 Å². The van der Waals surface area contributed by atoms with Crippen LogP contribution in [0.5, 0.6) is 0 Å². The molecule has 1 aliphatic rings. The summed E-state index contributed by atoms with van der Waals surface area (Å²) in [5.74, 6) is 0. The van der Waals surface area contributed by atoms with E-state index in [-0.39, 0.29) is 0 Å². The van der Waals surface area contributed by atoms with Crippen LogP contribution < -0.4 is 10.6 Å². The van der Waals surface area contributed by atoms with Gasteiger partial charge < -0.3 is 4.79 Å². The first kappa shape index (κ1) is 10.8. The molecule has 0 fully saturated rings. The highest BCUT2D eigenvalue weighted by Crippen LogP contribution is 2.18. The van der Waals surface area contributed by atoms with E-state index in [0.29, 0.717) is 11.4 Å². The summed E-state index contributed by atoms with van der Waals surface area (Å²) in [6.45, 7) is 0. The molecule has 78 valence electrons. The number of rotatable bonds is 3. The molecule has 0 saturated heterocycles. The van der Waals surface area contributed by atoms with E-state index >= 15 is 0 Å². The van der Waals surface area contributed by atoms with E-state index in [1.54, 1.807) is 12.1 Å². The minimum atomic E-state index is -0.698. The van der Waals surface area contributed by atoms with Gasteiger partial charge in [0.15, 0.2) is 6.29 Å². The minimum absolute atomic E-state index is 0.645. The molecule has 0 radical (unpaired) electrons. The van der Waals surface area contributed by atoms with Crippen molar-refractivity contribution in [3.05, 3.63) is 33.8 Å². The zero-order valence-electron chi connectivity index (χ0n) is 7.91. The van der Waals surface area contributed by atoms with Crippen LogP contribution in [-0.4, -0.2) is 17.2 Å². The van der Waals surface area contributed by atoms with Crippen LogP contribution in [0.3, 0.4) is 0 Å². The molecular formula is C11H9BrClNO. The second kappa shape index (κ2) is 4.06. The maximum Gasteiger partial charge on any atom is 0.151 e. The third kappa shape index (κ3) is 1.99. The summed E-state index contributed by atoms with van der Waals surface area (Å²) in [7, 11) is 0. The fourth-order valence-corrected chi connectivity index (χ4v) is 2.46. The lowest BCUT2D eigenvalue weighted by Gasteiger charge is -2.14. The second-order valence-electron chi connectivity index (χ2n) is 3.51. The van der Waals surface area contributed by atoms with Gasteiger partial charge in [0.2, 0.25) is 0 Å². The molecule has 1 atom stereocenters. The molecular weight excluding hydrogens is 277 g/mol. The quantitative estimate of drug-likeness (QED) is 0.611. The average Bonchev–Trinajstić information content (AvgIpc) is 2.56. The Balaban J connectivity index is 2.58. The average molecular weight is 287 g/mol. The lowest BCUT2D eigenvalue weighted by molar-refractivity contribution is -0.110. The van der Waals surface area contributed by atoms with Crippen molar-refractivity contribution in [3.63, 3.8) is 0 Å². The fourth-order valence-electron chi connectivity index (χ4n) is 1.66. The van der Waals surface area contributed by atoms with Gasteiger partial charge in [0, 0.05) is 10.4 Å². The third-order valence-electron chi connectivity index (χ3n) is 2.43. The zero-order valence-corrected chi connectivity index (χ0v) is 10.3. The van der Waals surface area contributed by atoms with Crippen molar-refractivity contribution in [2.24, 2.45) is 4.99 Å². The molecule has 0 N–H and O–H groups in total. The molecule has 4 heteroatoms. The van der Waals surface area contributed by atoms with Crippen molar-refractivity contribution in [2.75, 3.05) is 5.33 Å². The number of hydrogen-bond acceptors (Lipinski definition) is 2. The molecule has 0 spiro atoms. The molecule has 1 unspecified atom stereocenters. The highest BCUT2D eigenvalue weighted by molar-refractivity contribution is 9.09. The normalized spacial score (nSPS) is 22.8. The number of alkyl halides is 1. The zero-order chi connectivity index (χ0) is 10.9. The van der Waals surface area contributed by atoms with Gasteiger partial charge in [-0.3, -0.25) is 4.99 Å². The summed E-state index contributed by atoms with van der Waals surface area (Å²) >= 11 is 9.19. The number of carbonyl (C=O) groups excluding carboxylic acids is 1. The van der Waals surface area contributed by atoms with Gasteiger partial charge in [0.1, 0.15) is 5.54 Å². The Morgan fingerprint density at radius 1 is 1.53 bits per heavy atom. The summed E-state index contributed by atoms with van der Waals surface area (Å²) < 4.78 is 0. The number of benzene rings is 1. The maximum atomic E-state index is 11.1. The van der Waals surface area contributed by atoms with Crippen molar-refractivity contribution in [3.8, 4) is 0 Å². The first-order valence-corrected chi connectivity index (χ1v) is 6.10. The number of nitrogens with zero attached hydrogens (tertiary/aromatic N) is 1. The first-order chi connectivity index (χ1) is 7.19. The van der Waals surface area contributed by atoms with Crippen LogP contribution in [0.1, 0.15) is 6.42 Å². The largest absolute Gasteiger partial charge is 0.300 e. The highest BCUT2D eigenvalue weighted by atomic mass is 79.9. The van der Waals surface area contributed by atoms with E-state index < -0.39 is 5.54 Å². The monoisotopic (exact) mass is 285 g/mol. The molecule has 0 amide bonds. The maximum absolute atomic E-state index is 11.1. The Hall–Kier alpha value is -0.670. The van der Waals surface area contributed by atoms with Crippen molar-refractivity contribution >= 4 is 39.9 Å². The van der Waals surface area contributed by atoms with Gasteiger partial charge in [-0.15, -0.1) is 0 Å². The van der Waals surface area contributed by atoms with Crippen LogP contribution in [-0.2, 0) is 4.79 Å². The Morgan fingerprint density at radius 2 is 2.33 bits per heavy atom. The van der Waals surface area contributed by atoms with E-state index in [1.807, 2.05) is 12.1 Å². The van der Waals surface area contributed by atoms with Gasteiger partial charge in [0.05, 0.1) is 5.36 Å². The van der Waals surface area contributed by atoms with Gasteiger partial charge in [-0.25, -0.2) is 0 Å². The molecule has 1 aliphatic heterocycles. The minimum Gasteiger partial charge on any atom is -0.300 e. The van der Waals surface area contributed by atoms with E-state index in [1.165, 1.54) is 0 Å². The van der Waals surface area contributed by atoms with Gasteiger partial charge in [0.25, 0.3) is 0 Å². The summed E-state index contributed by atoms with van der Waals surface area (Å²) in [4.78, 5) is 15.5. The van der Waals surface area contributed by atoms with Crippen LogP contribution in [0.25, 0.3) is 6.08 Å². The van der Waals surface area contributed by atoms with Gasteiger partial charge in [-0.1, -0.05) is 33.6 Å². The lowest BCUT2D eigenvalue weighted by atomic mass is 10.00. The van der Waals surface area contributed by atoms with Crippen LogP contribution in [0.15, 0.2) is 23.2 Å². The molecule has 1 heterocycles. The van der Waals surface area contributed by atoms with E-state index in [0.717, 1.165) is 22.2 Å². The number of hydrogen-bond donors (Lipinski definition) is 0. The summed E-state index contributed by atoms with van der Waals surface area (Å²) in [6, 6.07) is 5.48. The molecule has 15 heavy (non-hydrogen) atoms. The van der Waals surface area contributed by atoms with Gasteiger partial charge in [-0.2, -0.15) is 0 Å². The van der Waals surface area contributed by atoms with Gasteiger partial charge in [-0.05, 0) is 29.8 Å². The first-order valence-electron chi connectivity index (χ1n) is 4.60. The Kier molecular flexibility index (Phi) is 2.94. The molecule has 0 bridgehead atoms. The number of carbonyl (C=O) groups is 1. The van der Waals surface area contributed by atoms with E-state index in [2.05, 4.69) is 20.9 Å². The van der Waals surface area contributed by atoms with E-state index in [4.69, 9.17) is 11.6 Å². The van der Waals surface area contributed by atoms with E-state index in [9.17, 15) is 4.79 Å². The molecule has 1 aromatic rings. The Labute approximate surface area is 101 Å². The highest BCUT2D eigenvalue weighted by Gasteiger charge is 2.27. The number of aldehydes is 1. The Bertz CT molecular complexity index is 514. The Morgan fingerprint density at radius 3 is 3.00 bits per heavy atom. The number of fused-ring (bicyclic) bond motifs is 1. The van der Waals surface area contributed by atoms with Crippen molar-refractivity contribution in [1.82, 2.24) is 0 Å². The summed E-state index contributed by atoms with van der Waals surface area (Å²) in [6.07, 6.45) is 3.46. The third-order valence-corrected chi connectivity index (χ3v) is 3.06. The molecule has 0 aliphatic carbocycles. The van der Waals surface area contributed by atoms with Crippen molar-refractivity contribution < 1.29 is 4.79 Å². The van der Waals surface area contributed by atoms with Crippen molar-refractivity contribution in [1.29, 1.82) is 0 Å². The predicted octanol–water partition coefficient (Wildman–Crippen LogP) is 1.48. The standard InChI is InChI=1S/C11H9BrClNO/c12-4-3-11(7-15)6-8-1-2-9(13)5-10(8)14-11/h1-2,5-7H,3-4H2. The molecule has 2 rings (SSSR count). The van der Waals surface area contributed by atoms with Crippen LogP contribution in [0.2, 0.25) is 5.02 Å². The molecule has 0 saturated carbocycles. The van der Waals surface area contributed by atoms with Gasteiger partial charge >= 0.3 is 0 Å². The number of halogens is 2. The lowest BCUT2D eigenvalue weighted by Crippen LogP contribution is -2.24. The van der Waals surface area contributed by atoms with Crippen molar-refractivity contribution in [2.45, 2.75) is 12.0 Å². The van der Waals surface area contributed by atoms with Crippen LogP contribution in [0, 0.1) is 0 Å². The molecule has 0 aromatic heterocycles. The smallest absolute Gasteiger partial charge is 0.151 e. The van der Waals surface area contributed by atoms with Crippen LogP contribution >= 0.6 is 27.5 Å². The SMILES string of the molecule is O=CC1(CCBr)C=c2ccc(Cl)cc2=N1. The molecule has 2 nitrogen and oxygen atoms in total. The summed E-state index contributed by atoms with van der Waals surface area (Å²) in [5, 5.41) is 3.17. The fraction of sp³-hybridized carbons (Fsp3) is 0.273. The second-order valence-corrected chi connectivity index (χ2v) is 4.74. The predicted molar refractivity (Wildman–Crippen MR) is 63.9 cm³/mol. The molecule has 1 aromatic carbocycles. The topological polar surface area (TPSA) is 29.4 Å². The summed E-state index contributed by atoms with van der Waals surface area (Å²) in [5.41, 5.74) is -0.698.